The van der Waals surface area contributed by atoms with Crippen molar-refractivity contribution in [1.29, 1.82) is 0 Å². The maximum atomic E-state index is 13.9. The van der Waals surface area contributed by atoms with Crippen molar-refractivity contribution in [2.75, 3.05) is 20.2 Å². The van der Waals surface area contributed by atoms with Crippen LogP contribution in [0.4, 0.5) is 8.78 Å². The standard InChI is InChI=1S/C24H19Cl2F2N3O4S/c1-35-23(32)24-11-14-12-29-31(16-2-5-20(27)21(28)9-16)22(14)8-15(24)6-7-30(13-24)36(33,34)17-3-4-18(25)19(26)10-17/h2-5,8-10,12H,6-7,11,13H2,1H3/t24-/m0/s1. The van der Waals surface area contributed by atoms with Crippen LogP contribution < -0.4 is 0 Å². The van der Waals surface area contributed by atoms with Gasteiger partial charge in [0.15, 0.2) is 11.6 Å². The Balaban J connectivity index is 1.55. The molecule has 1 atom stereocenters. The summed E-state index contributed by atoms with van der Waals surface area (Å²) in [4.78, 5) is 13.1. The number of benzene rings is 2. The molecular weight excluding hydrogens is 535 g/mol. The van der Waals surface area contributed by atoms with E-state index in [-0.39, 0.29) is 40.9 Å². The van der Waals surface area contributed by atoms with Gasteiger partial charge in [-0.1, -0.05) is 23.2 Å². The van der Waals surface area contributed by atoms with E-state index in [2.05, 4.69) is 5.10 Å². The first-order valence-corrected chi connectivity index (χ1v) is 13.0. The van der Waals surface area contributed by atoms with Gasteiger partial charge in [0.1, 0.15) is 5.41 Å². The first kappa shape index (κ1) is 24.9. The van der Waals surface area contributed by atoms with Crippen molar-refractivity contribution in [2.24, 2.45) is 5.41 Å². The topological polar surface area (TPSA) is 81.5 Å². The summed E-state index contributed by atoms with van der Waals surface area (Å²) in [5.74, 6) is -2.56. The number of esters is 1. The number of sulfonamides is 1. The summed E-state index contributed by atoms with van der Waals surface area (Å²) in [6.07, 6.45) is 3.66. The van der Waals surface area contributed by atoms with Crippen molar-refractivity contribution in [3.05, 3.63) is 81.1 Å². The molecule has 1 aromatic heterocycles. The van der Waals surface area contributed by atoms with Crippen LogP contribution >= 0.6 is 23.2 Å². The molecule has 188 valence electrons. The summed E-state index contributed by atoms with van der Waals surface area (Å²) in [5.41, 5.74) is 0.966. The second kappa shape index (κ2) is 8.95. The van der Waals surface area contributed by atoms with Crippen LogP contribution in [0.2, 0.25) is 10.0 Å². The van der Waals surface area contributed by atoms with Gasteiger partial charge in [-0.25, -0.2) is 21.9 Å². The lowest BCUT2D eigenvalue weighted by Crippen LogP contribution is -2.53. The predicted molar refractivity (Wildman–Crippen MR) is 129 cm³/mol. The number of piperidine rings is 1. The molecule has 12 heteroatoms. The van der Waals surface area contributed by atoms with E-state index in [1.54, 1.807) is 6.08 Å². The quantitative estimate of drug-likeness (QED) is 0.439. The minimum absolute atomic E-state index is 0.0352. The van der Waals surface area contributed by atoms with E-state index in [4.69, 9.17) is 27.9 Å². The number of aromatic nitrogens is 2. The molecule has 0 N–H and O–H groups in total. The van der Waals surface area contributed by atoms with Gasteiger partial charge in [-0.3, -0.25) is 4.79 Å². The van der Waals surface area contributed by atoms with Crippen molar-refractivity contribution in [3.8, 4) is 5.69 Å². The van der Waals surface area contributed by atoms with Crippen molar-refractivity contribution < 1.29 is 26.7 Å². The number of halogens is 4. The number of rotatable bonds is 4. The largest absolute Gasteiger partial charge is 0.468 e. The molecule has 0 radical (unpaired) electrons. The molecule has 0 bridgehead atoms. The smallest absolute Gasteiger partial charge is 0.317 e. The summed E-state index contributed by atoms with van der Waals surface area (Å²) >= 11 is 12.0. The third kappa shape index (κ3) is 3.92. The molecule has 36 heavy (non-hydrogen) atoms. The molecule has 0 saturated carbocycles. The monoisotopic (exact) mass is 553 g/mol. The fourth-order valence-corrected chi connectivity index (χ4v) is 6.68. The zero-order valence-corrected chi connectivity index (χ0v) is 21.2. The Bertz CT molecular complexity index is 1540. The molecule has 1 aliphatic heterocycles. The minimum Gasteiger partial charge on any atom is -0.468 e. The maximum absolute atomic E-state index is 13.9. The molecule has 5 rings (SSSR count). The molecular formula is C24H19Cl2F2N3O4S. The van der Waals surface area contributed by atoms with E-state index >= 15 is 0 Å². The van der Waals surface area contributed by atoms with Gasteiger partial charge in [-0.15, -0.1) is 0 Å². The highest BCUT2D eigenvalue weighted by atomic mass is 35.5. The third-order valence-corrected chi connectivity index (χ3v) is 9.21. The van der Waals surface area contributed by atoms with Gasteiger partial charge in [0.2, 0.25) is 10.0 Å². The number of hydrogen-bond donors (Lipinski definition) is 0. The van der Waals surface area contributed by atoms with E-state index in [0.717, 1.165) is 12.1 Å². The lowest BCUT2D eigenvalue weighted by molar-refractivity contribution is -0.151. The summed E-state index contributed by atoms with van der Waals surface area (Å²) in [6.45, 7) is -0.0360. The molecule has 0 unspecified atom stereocenters. The Hall–Kier alpha value is -2.79. The number of carbonyl (C=O) groups excluding carboxylic acids is 1. The first-order valence-electron chi connectivity index (χ1n) is 10.8. The number of carbonyl (C=O) groups is 1. The van der Waals surface area contributed by atoms with E-state index in [1.807, 2.05) is 0 Å². The molecule has 2 heterocycles. The third-order valence-electron chi connectivity index (χ3n) is 6.63. The Morgan fingerprint density at radius 2 is 1.89 bits per heavy atom. The molecule has 7 nitrogen and oxygen atoms in total. The van der Waals surface area contributed by atoms with Crippen LogP contribution in [0.3, 0.4) is 0 Å². The Morgan fingerprint density at radius 3 is 2.58 bits per heavy atom. The molecule has 3 aromatic rings. The van der Waals surface area contributed by atoms with Gasteiger partial charge >= 0.3 is 5.97 Å². The average Bonchev–Trinajstić information content (AvgIpc) is 3.27. The van der Waals surface area contributed by atoms with E-state index < -0.39 is 33.0 Å². The highest BCUT2D eigenvalue weighted by molar-refractivity contribution is 7.89. The number of nitrogens with zero attached hydrogens (tertiary/aromatic N) is 3. The van der Waals surface area contributed by atoms with Gasteiger partial charge in [0.25, 0.3) is 0 Å². The van der Waals surface area contributed by atoms with Crippen LogP contribution in [0.1, 0.15) is 17.7 Å². The number of hydrogen-bond acceptors (Lipinski definition) is 5. The predicted octanol–water partition coefficient (Wildman–Crippen LogP) is 4.65. The maximum Gasteiger partial charge on any atom is 0.317 e. The zero-order chi connectivity index (χ0) is 25.8. The molecule has 0 spiro atoms. The first-order chi connectivity index (χ1) is 17.1. The normalized spacial score (nSPS) is 19.9. The van der Waals surface area contributed by atoms with Crippen LogP contribution in [-0.2, 0) is 26.0 Å². The number of ether oxygens (including phenoxy) is 1. The van der Waals surface area contributed by atoms with Gasteiger partial charge in [0, 0.05) is 19.2 Å². The van der Waals surface area contributed by atoms with Crippen molar-refractivity contribution in [1.82, 2.24) is 14.1 Å². The van der Waals surface area contributed by atoms with Crippen LogP contribution in [0.15, 0.2) is 53.1 Å². The minimum atomic E-state index is -4.00. The summed E-state index contributed by atoms with van der Waals surface area (Å²) in [5, 5.41) is 4.65. The molecule has 0 amide bonds. The molecule has 1 aliphatic carbocycles. The summed E-state index contributed by atoms with van der Waals surface area (Å²) < 4.78 is 62.0. The summed E-state index contributed by atoms with van der Waals surface area (Å²) in [6, 6.07) is 7.50. The average molecular weight is 554 g/mol. The number of methoxy groups -OCH3 is 1. The molecule has 2 aliphatic rings. The van der Waals surface area contributed by atoms with Crippen molar-refractivity contribution in [2.45, 2.75) is 17.7 Å². The fourth-order valence-electron chi connectivity index (χ4n) is 4.80. The van der Waals surface area contributed by atoms with Crippen LogP contribution in [-0.4, -0.2) is 48.7 Å². The Morgan fingerprint density at radius 1 is 1.11 bits per heavy atom. The Labute approximate surface area is 215 Å². The van der Waals surface area contributed by atoms with Gasteiger partial charge in [-0.05, 0) is 60.4 Å². The van der Waals surface area contributed by atoms with Crippen LogP contribution in [0.25, 0.3) is 11.8 Å². The Kier molecular flexibility index (Phi) is 6.19. The van der Waals surface area contributed by atoms with Gasteiger partial charge in [0.05, 0.1) is 39.6 Å². The summed E-state index contributed by atoms with van der Waals surface area (Å²) in [7, 11) is -2.75. The van der Waals surface area contributed by atoms with Crippen molar-refractivity contribution in [3.63, 3.8) is 0 Å². The zero-order valence-electron chi connectivity index (χ0n) is 18.8. The van der Waals surface area contributed by atoms with E-state index in [0.29, 0.717) is 22.5 Å². The number of fused-ring (bicyclic) bond motifs is 2. The highest BCUT2D eigenvalue weighted by Crippen LogP contribution is 2.46. The lowest BCUT2D eigenvalue weighted by atomic mass is 9.69. The molecule has 1 saturated heterocycles. The van der Waals surface area contributed by atoms with Crippen LogP contribution in [0, 0.1) is 17.0 Å². The SMILES string of the molecule is COC(=O)[C@]12Cc3cnn(-c4ccc(F)c(F)c4)c3C=C1CCN(S(=O)(=O)c1ccc(Cl)c(Cl)c1)C2. The molecule has 1 fully saturated rings. The fraction of sp³-hybridized carbons (Fsp3) is 0.250. The second-order valence-electron chi connectivity index (χ2n) is 8.65. The van der Waals surface area contributed by atoms with E-state index in [9.17, 15) is 22.0 Å². The van der Waals surface area contributed by atoms with E-state index in [1.165, 1.54) is 46.6 Å². The van der Waals surface area contributed by atoms with Crippen molar-refractivity contribution >= 4 is 45.3 Å². The van der Waals surface area contributed by atoms with Gasteiger partial charge < -0.3 is 4.74 Å². The highest BCUT2D eigenvalue weighted by Gasteiger charge is 2.51. The second-order valence-corrected chi connectivity index (χ2v) is 11.4. The van der Waals surface area contributed by atoms with Crippen LogP contribution in [0.5, 0.6) is 0 Å². The van der Waals surface area contributed by atoms with Gasteiger partial charge in [-0.2, -0.15) is 9.40 Å². The molecule has 2 aromatic carbocycles. The lowest BCUT2D eigenvalue weighted by Gasteiger charge is -2.43.